The number of nitrogens with zero attached hydrogens (tertiary/aromatic N) is 7. The lowest BCUT2D eigenvalue weighted by Crippen LogP contribution is -2.30. The number of tetrazole rings is 1. The molecule has 1 fully saturated rings. The lowest BCUT2D eigenvalue weighted by molar-refractivity contribution is 0.439. The fourth-order valence-corrected chi connectivity index (χ4v) is 3.09. The predicted octanol–water partition coefficient (Wildman–Crippen LogP) is 1.54. The summed E-state index contributed by atoms with van der Waals surface area (Å²) in [4.78, 5) is 13.4. The standard InChI is InChI=1S/C17H20N8/c1-2-14-10-15(21-16(20-14)12-5-8-18-9-6-12)25-17(22-23-24-25)13-4-3-7-19-11-13/h5-6,8-10,13,19H,2-4,7,11H2,1H3/t13-/m0/s1. The molecule has 8 heteroatoms. The molecule has 1 atom stereocenters. The molecule has 1 saturated heterocycles. The summed E-state index contributed by atoms with van der Waals surface area (Å²) in [5.74, 6) is 2.53. The summed E-state index contributed by atoms with van der Waals surface area (Å²) in [6.45, 7) is 4.02. The van der Waals surface area contributed by atoms with E-state index < -0.39 is 0 Å². The smallest absolute Gasteiger partial charge is 0.162 e. The van der Waals surface area contributed by atoms with Crippen molar-refractivity contribution < 1.29 is 0 Å². The Morgan fingerprint density at radius 3 is 2.88 bits per heavy atom. The number of nitrogens with one attached hydrogen (secondary N) is 1. The van der Waals surface area contributed by atoms with Gasteiger partial charge in [-0.15, -0.1) is 5.10 Å². The topological polar surface area (TPSA) is 94.3 Å². The third kappa shape index (κ3) is 3.25. The molecule has 0 aliphatic carbocycles. The molecule has 0 saturated carbocycles. The van der Waals surface area contributed by atoms with Gasteiger partial charge in [0.1, 0.15) is 0 Å². The minimum absolute atomic E-state index is 0.299. The van der Waals surface area contributed by atoms with Gasteiger partial charge in [-0.1, -0.05) is 6.92 Å². The van der Waals surface area contributed by atoms with Gasteiger partial charge in [-0.2, -0.15) is 4.68 Å². The van der Waals surface area contributed by atoms with Gasteiger partial charge in [0.05, 0.1) is 0 Å². The van der Waals surface area contributed by atoms with Crippen molar-refractivity contribution in [2.75, 3.05) is 13.1 Å². The summed E-state index contributed by atoms with van der Waals surface area (Å²) >= 11 is 0. The van der Waals surface area contributed by atoms with E-state index >= 15 is 0 Å². The summed E-state index contributed by atoms with van der Waals surface area (Å²) in [6.07, 6.45) is 6.51. The van der Waals surface area contributed by atoms with Crippen molar-refractivity contribution >= 4 is 0 Å². The van der Waals surface area contributed by atoms with E-state index in [0.717, 1.165) is 49.4 Å². The molecule has 128 valence electrons. The van der Waals surface area contributed by atoms with Gasteiger partial charge in [-0.3, -0.25) is 4.98 Å². The van der Waals surface area contributed by atoms with Crippen molar-refractivity contribution in [3.05, 3.63) is 42.1 Å². The van der Waals surface area contributed by atoms with Crippen LogP contribution in [0.4, 0.5) is 0 Å². The first kappa shape index (κ1) is 15.8. The number of pyridine rings is 1. The number of rotatable bonds is 4. The molecule has 0 bridgehead atoms. The van der Waals surface area contributed by atoms with Gasteiger partial charge in [0.15, 0.2) is 17.5 Å². The average Bonchev–Trinajstić information content (AvgIpc) is 3.19. The molecule has 0 spiro atoms. The first-order valence-electron chi connectivity index (χ1n) is 8.63. The highest BCUT2D eigenvalue weighted by molar-refractivity contribution is 5.55. The van der Waals surface area contributed by atoms with Crippen LogP contribution in [0.1, 0.15) is 37.2 Å². The minimum Gasteiger partial charge on any atom is -0.316 e. The molecule has 1 N–H and O–H groups in total. The van der Waals surface area contributed by atoms with Crippen molar-refractivity contribution in [3.8, 4) is 17.2 Å². The Kier molecular flexibility index (Phi) is 4.43. The molecule has 0 radical (unpaired) electrons. The van der Waals surface area contributed by atoms with E-state index in [9.17, 15) is 0 Å². The maximum absolute atomic E-state index is 4.71. The summed E-state index contributed by atoms with van der Waals surface area (Å²) < 4.78 is 1.75. The molecule has 4 rings (SSSR count). The minimum atomic E-state index is 0.299. The summed E-state index contributed by atoms with van der Waals surface area (Å²) in [7, 11) is 0. The normalized spacial score (nSPS) is 17.6. The van der Waals surface area contributed by atoms with Crippen molar-refractivity contribution in [2.45, 2.75) is 32.1 Å². The largest absolute Gasteiger partial charge is 0.316 e. The van der Waals surface area contributed by atoms with Crippen LogP contribution in [0, 0.1) is 0 Å². The van der Waals surface area contributed by atoms with E-state index in [2.05, 4.69) is 37.7 Å². The quantitative estimate of drug-likeness (QED) is 0.772. The fourth-order valence-electron chi connectivity index (χ4n) is 3.09. The van der Waals surface area contributed by atoms with Gasteiger partial charge < -0.3 is 5.32 Å². The van der Waals surface area contributed by atoms with Crippen LogP contribution >= 0.6 is 0 Å². The number of piperidine rings is 1. The van der Waals surface area contributed by atoms with E-state index in [4.69, 9.17) is 4.98 Å². The molecule has 0 aromatic carbocycles. The maximum atomic E-state index is 4.71. The van der Waals surface area contributed by atoms with Crippen LogP contribution in [0.5, 0.6) is 0 Å². The van der Waals surface area contributed by atoms with Crippen molar-refractivity contribution in [1.29, 1.82) is 0 Å². The highest BCUT2D eigenvalue weighted by atomic mass is 15.6. The molecule has 25 heavy (non-hydrogen) atoms. The second-order valence-corrected chi connectivity index (χ2v) is 6.12. The van der Waals surface area contributed by atoms with Crippen molar-refractivity contribution in [2.24, 2.45) is 0 Å². The zero-order chi connectivity index (χ0) is 17.1. The zero-order valence-corrected chi connectivity index (χ0v) is 14.1. The molecular weight excluding hydrogens is 316 g/mol. The highest BCUT2D eigenvalue weighted by Gasteiger charge is 2.23. The molecule has 1 aliphatic rings. The number of hydrogen-bond acceptors (Lipinski definition) is 7. The van der Waals surface area contributed by atoms with Crippen LogP contribution in [0.2, 0.25) is 0 Å². The van der Waals surface area contributed by atoms with Crippen molar-refractivity contribution in [1.82, 2.24) is 40.5 Å². The highest BCUT2D eigenvalue weighted by Crippen LogP contribution is 2.23. The van der Waals surface area contributed by atoms with Crippen LogP contribution < -0.4 is 5.32 Å². The Balaban J connectivity index is 1.77. The predicted molar refractivity (Wildman–Crippen MR) is 92.2 cm³/mol. The first-order chi connectivity index (χ1) is 12.3. The molecule has 1 aliphatic heterocycles. The van der Waals surface area contributed by atoms with E-state index in [1.807, 2.05) is 18.2 Å². The Morgan fingerprint density at radius 2 is 2.12 bits per heavy atom. The second-order valence-electron chi connectivity index (χ2n) is 6.12. The number of hydrogen-bond donors (Lipinski definition) is 1. The van der Waals surface area contributed by atoms with E-state index in [1.165, 1.54) is 0 Å². The summed E-state index contributed by atoms with van der Waals surface area (Å²) in [5.41, 5.74) is 1.89. The van der Waals surface area contributed by atoms with Crippen LogP contribution in [0.25, 0.3) is 17.2 Å². The van der Waals surface area contributed by atoms with E-state index in [1.54, 1.807) is 17.1 Å². The summed E-state index contributed by atoms with van der Waals surface area (Å²) in [5, 5.41) is 15.8. The van der Waals surface area contributed by atoms with Crippen LogP contribution in [-0.2, 0) is 6.42 Å². The average molecular weight is 336 g/mol. The Hall–Kier alpha value is -2.74. The van der Waals surface area contributed by atoms with Gasteiger partial charge in [0.2, 0.25) is 0 Å². The van der Waals surface area contributed by atoms with Gasteiger partial charge in [-0.25, -0.2) is 9.97 Å². The Morgan fingerprint density at radius 1 is 1.24 bits per heavy atom. The van der Waals surface area contributed by atoms with Gasteiger partial charge in [0, 0.05) is 42.2 Å². The first-order valence-corrected chi connectivity index (χ1v) is 8.63. The molecule has 0 unspecified atom stereocenters. The maximum Gasteiger partial charge on any atom is 0.162 e. The molecule has 4 heterocycles. The van der Waals surface area contributed by atoms with Crippen LogP contribution in [0.3, 0.4) is 0 Å². The Labute approximate surface area is 145 Å². The van der Waals surface area contributed by atoms with Gasteiger partial charge >= 0.3 is 0 Å². The third-order valence-electron chi connectivity index (χ3n) is 4.44. The summed E-state index contributed by atoms with van der Waals surface area (Å²) in [6, 6.07) is 5.77. The molecular formula is C17H20N8. The lowest BCUT2D eigenvalue weighted by Gasteiger charge is -2.21. The zero-order valence-electron chi connectivity index (χ0n) is 14.1. The van der Waals surface area contributed by atoms with Crippen LogP contribution in [-0.4, -0.2) is 48.2 Å². The monoisotopic (exact) mass is 336 g/mol. The van der Waals surface area contributed by atoms with E-state index in [-0.39, 0.29) is 0 Å². The van der Waals surface area contributed by atoms with Gasteiger partial charge in [-0.05, 0) is 48.4 Å². The molecule has 8 nitrogen and oxygen atoms in total. The second kappa shape index (κ2) is 7.02. The lowest BCUT2D eigenvalue weighted by atomic mass is 9.99. The van der Waals surface area contributed by atoms with Crippen LogP contribution in [0.15, 0.2) is 30.6 Å². The van der Waals surface area contributed by atoms with Crippen molar-refractivity contribution in [3.63, 3.8) is 0 Å². The molecule has 0 amide bonds. The Bertz CT molecular complexity index is 839. The molecule has 3 aromatic heterocycles. The number of aryl methyl sites for hydroxylation is 1. The van der Waals surface area contributed by atoms with E-state index in [0.29, 0.717) is 17.6 Å². The van der Waals surface area contributed by atoms with Gasteiger partial charge in [0.25, 0.3) is 0 Å². The fraction of sp³-hybridized carbons (Fsp3) is 0.412. The third-order valence-corrected chi connectivity index (χ3v) is 4.44. The SMILES string of the molecule is CCc1cc(-n2nnnc2[C@H]2CCCNC2)nc(-c2ccncc2)n1. The molecule has 3 aromatic rings. The number of aromatic nitrogens is 7.